The van der Waals surface area contributed by atoms with Gasteiger partial charge in [-0.25, -0.2) is 13.1 Å². The zero-order valence-electron chi connectivity index (χ0n) is 13.2. The molecule has 122 valence electrons. The highest BCUT2D eigenvalue weighted by Gasteiger charge is 2.21. The monoisotopic (exact) mass is 337 g/mol. The molecule has 3 aromatic carbocycles. The number of rotatable bonds is 6. The van der Waals surface area contributed by atoms with Crippen molar-refractivity contribution in [3.05, 3.63) is 102 Å². The Morgan fingerprint density at radius 1 is 0.708 bits per heavy atom. The lowest BCUT2D eigenvalue weighted by atomic mass is 10.00. The van der Waals surface area contributed by atoms with Crippen LogP contribution in [0.2, 0.25) is 0 Å². The van der Waals surface area contributed by atoms with Crippen molar-refractivity contribution in [2.24, 2.45) is 0 Å². The van der Waals surface area contributed by atoms with Crippen LogP contribution in [0.4, 0.5) is 0 Å². The fraction of sp³-hybridized carbons (Fsp3) is 0.100. The predicted octanol–water partition coefficient (Wildman–Crippen LogP) is 3.95. The smallest absolute Gasteiger partial charge is 0.207 e. The number of hydrogen-bond acceptors (Lipinski definition) is 2. The van der Waals surface area contributed by atoms with Crippen LogP contribution in [0.25, 0.3) is 0 Å². The highest BCUT2D eigenvalue weighted by molar-refractivity contribution is 7.89. The summed E-state index contributed by atoms with van der Waals surface area (Å²) in [6.45, 7) is 0. The van der Waals surface area contributed by atoms with Crippen LogP contribution >= 0.6 is 0 Å². The van der Waals surface area contributed by atoms with E-state index < -0.39 is 10.0 Å². The first-order chi connectivity index (χ1) is 11.6. The van der Waals surface area contributed by atoms with Crippen LogP contribution in [0.5, 0.6) is 0 Å². The Morgan fingerprint density at radius 2 is 1.21 bits per heavy atom. The molecule has 3 nitrogen and oxygen atoms in total. The number of nitrogens with one attached hydrogen (secondary N) is 1. The minimum Gasteiger partial charge on any atom is -0.207 e. The number of sulfonamides is 1. The zero-order valence-corrected chi connectivity index (χ0v) is 14.0. The molecule has 0 radical (unpaired) electrons. The molecule has 0 aliphatic heterocycles. The lowest BCUT2D eigenvalue weighted by Crippen LogP contribution is -2.30. The van der Waals surface area contributed by atoms with Gasteiger partial charge >= 0.3 is 0 Å². The van der Waals surface area contributed by atoms with E-state index in [9.17, 15) is 8.42 Å². The van der Waals surface area contributed by atoms with E-state index in [0.717, 1.165) is 11.1 Å². The minimum absolute atomic E-state index is 0.277. The second-order valence-corrected chi connectivity index (χ2v) is 7.30. The molecular weight excluding hydrogens is 318 g/mol. The second kappa shape index (κ2) is 7.43. The van der Waals surface area contributed by atoms with Crippen molar-refractivity contribution in [3.63, 3.8) is 0 Å². The van der Waals surface area contributed by atoms with Crippen molar-refractivity contribution in [1.29, 1.82) is 0 Å². The Hall–Kier alpha value is -2.43. The second-order valence-electron chi connectivity index (χ2n) is 5.59. The SMILES string of the molecule is O=S(=O)(N[C@@H](Cc1ccccc1)c1ccccc1)c1ccccc1. The summed E-state index contributed by atoms with van der Waals surface area (Å²) in [6, 6.07) is 27.7. The van der Waals surface area contributed by atoms with Gasteiger partial charge in [-0.2, -0.15) is 0 Å². The molecule has 0 heterocycles. The van der Waals surface area contributed by atoms with Gasteiger partial charge in [-0.15, -0.1) is 0 Å². The van der Waals surface area contributed by atoms with Gasteiger partial charge in [-0.05, 0) is 29.7 Å². The van der Waals surface area contributed by atoms with Crippen LogP contribution in [0.1, 0.15) is 17.2 Å². The normalized spacial score (nSPS) is 12.7. The van der Waals surface area contributed by atoms with Gasteiger partial charge in [-0.3, -0.25) is 0 Å². The van der Waals surface area contributed by atoms with Crippen molar-refractivity contribution >= 4 is 10.0 Å². The van der Waals surface area contributed by atoms with E-state index in [0.29, 0.717) is 6.42 Å². The fourth-order valence-corrected chi connectivity index (χ4v) is 3.86. The van der Waals surface area contributed by atoms with Gasteiger partial charge in [0.25, 0.3) is 0 Å². The maximum atomic E-state index is 12.7. The molecule has 24 heavy (non-hydrogen) atoms. The van der Waals surface area contributed by atoms with E-state index in [1.165, 1.54) is 0 Å². The third-order valence-corrected chi connectivity index (χ3v) is 5.32. The van der Waals surface area contributed by atoms with Crippen molar-refractivity contribution in [3.8, 4) is 0 Å². The molecule has 3 rings (SSSR count). The summed E-state index contributed by atoms with van der Waals surface area (Å²) in [5.41, 5.74) is 2.03. The predicted molar refractivity (Wildman–Crippen MR) is 96.1 cm³/mol. The molecular formula is C20H19NO2S. The van der Waals surface area contributed by atoms with Crippen LogP contribution in [0.15, 0.2) is 95.9 Å². The van der Waals surface area contributed by atoms with Crippen LogP contribution in [0, 0.1) is 0 Å². The van der Waals surface area contributed by atoms with E-state index in [1.807, 2.05) is 60.7 Å². The largest absolute Gasteiger partial charge is 0.241 e. The molecule has 4 heteroatoms. The summed E-state index contributed by atoms with van der Waals surface area (Å²) in [7, 11) is -3.58. The van der Waals surface area contributed by atoms with Crippen molar-refractivity contribution < 1.29 is 8.42 Å². The maximum Gasteiger partial charge on any atom is 0.241 e. The first kappa shape index (κ1) is 16.4. The first-order valence-electron chi connectivity index (χ1n) is 7.81. The van der Waals surface area contributed by atoms with E-state index >= 15 is 0 Å². The standard InChI is InChI=1S/C20H19NO2S/c22-24(23,19-14-8-3-9-15-19)21-20(18-12-6-2-7-13-18)16-17-10-4-1-5-11-17/h1-15,20-21H,16H2/t20-/m0/s1. The Balaban J connectivity index is 1.91. The quantitative estimate of drug-likeness (QED) is 0.740. The zero-order chi connectivity index (χ0) is 16.8. The van der Waals surface area contributed by atoms with Gasteiger partial charge in [0.1, 0.15) is 0 Å². The number of benzene rings is 3. The van der Waals surface area contributed by atoms with E-state index in [1.54, 1.807) is 30.3 Å². The molecule has 1 N–H and O–H groups in total. The Kier molecular flexibility index (Phi) is 5.08. The van der Waals surface area contributed by atoms with Gasteiger partial charge in [0.05, 0.1) is 10.9 Å². The molecule has 0 fully saturated rings. The van der Waals surface area contributed by atoms with Gasteiger partial charge in [0.2, 0.25) is 10.0 Å². The van der Waals surface area contributed by atoms with E-state index in [-0.39, 0.29) is 10.9 Å². The van der Waals surface area contributed by atoms with E-state index in [4.69, 9.17) is 0 Å². The maximum absolute atomic E-state index is 12.7. The van der Waals surface area contributed by atoms with Gasteiger partial charge in [0.15, 0.2) is 0 Å². The molecule has 1 atom stereocenters. The van der Waals surface area contributed by atoms with Crippen molar-refractivity contribution in [2.75, 3.05) is 0 Å². The van der Waals surface area contributed by atoms with Crippen LogP contribution in [-0.4, -0.2) is 8.42 Å². The summed E-state index contributed by atoms with van der Waals surface area (Å²) in [6.07, 6.45) is 0.594. The summed E-state index contributed by atoms with van der Waals surface area (Å²) < 4.78 is 28.2. The van der Waals surface area contributed by atoms with Crippen LogP contribution in [0.3, 0.4) is 0 Å². The molecule has 0 aliphatic rings. The molecule has 0 amide bonds. The topological polar surface area (TPSA) is 46.2 Å². The van der Waals surface area contributed by atoms with Crippen molar-refractivity contribution in [2.45, 2.75) is 17.4 Å². The lowest BCUT2D eigenvalue weighted by molar-refractivity contribution is 0.555. The molecule has 0 aliphatic carbocycles. The molecule has 0 saturated heterocycles. The van der Waals surface area contributed by atoms with Crippen LogP contribution < -0.4 is 4.72 Å². The minimum atomic E-state index is -3.58. The Labute approximate surface area is 143 Å². The highest BCUT2D eigenvalue weighted by atomic mass is 32.2. The first-order valence-corrected chi connectivity index (χ1v) is 9.30. The molecule has 3 aromatic rings. The third-order valence-electron chi connectivity index (χ3n) is 3.84. The molecule has 0 aromatic heterocycles. The Morgan fingerprint density at radius 3 is 1.79 bits per heavy atom. The summed E-state index contributed by atoms with van der Waals surface area (Å²) >= 11 is 0. The third kappa shape index (κ3) is 4.10. The average molecular weight is 337 g/mol. The van der Waals surface area contributed by atoms with Crippen molar-refractivity contribution in [1.82, 2.24) is 4.72 Å². The average Bonchev–Trinajstić information content (AvgIpc) is 2.63. The Bertz CT molecular complexity index is 863. The van der Waals surface area contributed by atoms with Gasteiger partial charge in [0, 0.05) is 0 Å². The summed E-state index contributed by atoms with van der Waals surface area (Å²) in [5.74, 6) is 0. The molecule has 0 saturated carbocycles. The fourth-order valence-electron chi connectivity index (χ4n) is 2.62. The molecule has 0 unspecified atom stereocenters. The lowest BCUT2D eigenvalue weighted by Gasteiger charge is -2.19. The molecule has 0 bridgehead atoms. The summed E-state index contributed by atoms with van der Waals surface area (Å²) in [5, 5.41) is 0. The van der Waals surface area contributed by atoms with Gasteiger partial charge in [-0.1, -0.05) is 78.9 Å². The number of hydrogen-bond donors (Lipinski definition) is 1. The highest BCUT2D eigenvalue weighted by Crippen LogP contribution is 2.21. The van der Waals surface area contributed by atoms with Crippen LogP contribution in [-0.2, 0) is 16.4 Å². The van der Waals surface area contributed by atoms with E-state index in [2.05, 4.69) is 4.72 Å². The van der Waals surface area contributed by atoms with Gasteiger partial charge < -0.3 is 0 Å². The summed E-state index contributed by atoms with van der Waals surface area (Å²) in [4.78, 5) is 0.277. The molecule has 0 spiro atoms.